The minimum Gasteiger partial charge on any atom is -0.495 e. The van der Waals surface area contributed by atoms with E-state index >= 15 is 0 Å². The number of carbonyl (C=O) groups is 1. The Labute approximate surface area is 114 Å². The van der Waals surface area contributed by atoms with Crippen molar-refractivity contribution in [2.75, 3.05) is 12.5 Å². The smallest absolute Gasteiger partial charge is 0.287 e. The van der Waals surface area contributed by atoms with Crippen molar-refractivity contribution in [1.29, 1.82) is 0 Å². The lowest BCUT2D eigenvalue weighted by Gasteiger charge is -2.23. The number of para-hydroxylation sites is 2. The van der Waals surface area contributed by atoms with Crippen LogP contribution in [0.25, 0.3) is 0 Å². The number of halogens is 2. The van der Waals surface area contributed by atoms with Crippen LogP contribution in [-0.4, -0.2) is 29.4 Å². The van der Waals surface area contributed by atoms with E-state index in [2.05, 4.69) is 5.43 Å². The standard InChI is InChI=1S/C11H10Cl2N2O3/c1-18-7-5-3-2-4-6(7)14-15-10(16)8(12)9(13)11(15)17/h2-5,10,14,16H,1H3. The molecule has 0 saturated heterocycles. The lowest BCUT2D eigenvalue weighted by molar-refractivity contribution is -0.129. The summed E-state index contributed by atoms with van der Waals surface area (Å²) in [5.74, 6) is -0.0725. The summed E-state index contributed by atoms with van der Waals surface area (Å²) in [6, 6.07) is 6.95. The van der Waals surface area contributed by atoms with Gasteiger partial charge in [0, 0.05) is 0 Å². The number of benzene rings is 1. The molecule has 2 rings (SSSR count). The Hall–Kier alpha value is -1.43. The molecule has 18 heavy (non-hydrogen) atoms. The van der Waals surface area contributed by atoms with Crippen LogP contribution in [0.3, 0.4) is 0 Å². The van der Waals surface area contributed by atoms with Crippen LogP contribution in [0, 0.1) is 0 Å². The van der Waals surface area contributed by atoms with Gasteiger partial charge in [-0.3, -0.25) is 10.2 Å². The van der Waals surface area contributed by atoms with E-state index in [0.717, 1.165) is 5.01 Å². The fourth-order valence-corrected chi connectivity index (χ4v) is 1.89. The zero-order chi connectivity index (χ0) is 13.3. The lowest BCUT2D eigenvalue weighted by Crippen LogP contribution is -2.39. The highest BCUT2D eigenvalue weighted by Crippen LogP contribution is 2.32. The van der Waals surface area contributed by atoms with Crippen molar-refractivity contribution in [2.24, 2.45) is 0 Å². The molecule has 1 aliphatic rings. The summed E-state index contributed by atoms with van der Waals surface area (Å²) in [4.78, 5) is 11.7. The molecule has 0 saturated carbocycles. The maximum atomic E-state index is 11.7. The topological polar surface area (TPSA) is 61.8 Å². The summed E-state index contributed by atoms with van der Waals surface area (Å²) in [5.41, 5.74) is 3.24. The average Bonchev–Trinajstić information content (AvgIpc) is 2.57. The molecule has 0 radical (unpaired) electrons. The largest absolute Gasteiger partial charge is 0.495 e. The second-order valence-corrected chi connectivity index (χ2v) is 4.31. The molecule has 2 N–H and O–H groups in total. The summed E-state index contributed by atoms with van der Waals surface area (Å²) >= 11 is 11.4. The lowest BCUT2D eigenvalue weighted by atomic mass is 10.3. The highest BCUT2D eigenvalue weighted by Gasteiger charge is 2.37. The van der Waals surface area contributed by atoms with Gasteiger partial charge in [-0.05, 0) is 12.1 Å². The van der Waals surface area contributed by atoms with E-state index in [0.29, 0.717) is 11.4 Å². The summed E-state index contributed by atoms with van der Waals surface area (Å²) < 4.78 is 5.12. The number of aliphatic hydroxyl groups excluding tert-OH is 1. The Morgan fingerprint density at radius 1 is 1.39 bits per heavy atom. The number of anilines is 1. The van der Waals surface area contributed by atoms with Gasteiger partial charge < -0.3 is 9.84 Å². The van der Waals surface area contributed by atoms with Crippen molar-refractivity contribution in [3.63, 3.8) is 0 Å². The number of hydrogen-bond acceptors (Lipinski definition) is 4. The third-order valence-corrected chi connectivity index (χ3v) is 3.28. The number of methoxy groups -OCH3 is 1. The molecule has 7 heteroatoms. The first-order valence-corrected chi connectivity index (χ1v) is 5.78. The summed E-state index contributed by atoms with van der Waals surface area (Å²) in [7, 11) is 1.50. The normalized spacial score (nSPS) is 19.4. The van der Waals surface area contributed by atoms with E-state index in [1.54, 1.807) is 24.3 Å². The van der Waals surface area contributed by atoms with Crippen molar-refractivity contribution in [1.82, 2.24) is 5.01 Å². The minimum atomic E-state index is -1.31. The monoisotopic (exact) mass is 288 g/mol. The number of aliphatic hydroxyl groups is 1. The third-order valence-electron chi connectivity index (χ3n) is 2.44. The van der Waals surface area contributed by atoms with Crippen LogP contribution >= 0.6 is 23.2 Å². The molecule has 1 amide bonds. The Kier molecular flexibility index (Phi) is 3.65. The van der Waals surface area contributed by atoms with Crippen molar-refractivity contribution >= 4 is 34.8 Å². The quantitative estimate of drug-likeness (QED) is 0.891. The van der Waals surface area contributed by atoms with Gasteiger partial charge in [0.2, 0.25) is 0 Å². The molecule has 96 valence electrons. The highest BCUT2D eigenvalue weighted by atomic mass is 35.5. The van der Waals surface area contributed by atoms with Crippen LogP contribution in [0.1, 0.15) is 0 Å². The van der Waals surface area contributed by atoms with Crippen molar-refractivity contribution < 1.29 is 14.6 Å². The third kappa shape index (κ3) is 2.12. The van der Waals surface area contributed by atoms with Gasteiger partial charge in [-0.1, -0.05) is 35.3 Å². The van der Waals surface area contributed by atoms with Crippen molar-refractivity contribution in [3.8, 4) is 5.75 Å². The van der Waals surface area contributed by atoms with Gasteiger partial charge in [-0.15, -0.1) is 0 Å². The molecule has 1 heterocycles. The number of hydrazine groups is 1. The van der Waals surface area contributed by atoms with Crippen LogP contribution < -0.4 is 10.2 Å². The van der Waals surface area contributed by atoms with E-state index in [1.165, 1.54) is 7.11 Å². The fourth-order valence-electron chi connectivity index (χ4n) is 1.52. The maximum Gasteiger partial charge on any atom is 0.287 e. The Morgan fingerprint density at radius 3 is 2.61 bits per heavy atom. The first kappa shape index (κ1) is 13.0. The second-order valence-electron chi connectivity index (χ2n) is 3.52. The molecule has 1 atom stereocenters. The molecule has 1 aliphatic heterocycles. The molecule has 1 aromatic rings. The predicted molar refractivity (Wildman–Crippen MR) is 68.2 cm³/mol. The van der Waals surface area contributed by atoms with E-state index < -0.39 is 12.1 Å². The van der Waals surface area contributed by atoms with E-state index in [4.69, 9.17) is 27.9 Å². The van der Waals surface area contributed by atoms with Crippen LogP contribution in [0.4, 0.5) is 5.69 Å². The molecule has 0 aromatic heterocycles. The van der Waals surface area contributed by atoms with Gasteiger partial charge in [-0.25, -0.2) is 5.01 Å². The molecule has 0 spiro atoms. The van der Waals surface area contributed by atoms with Crippen LogP contribution in [0.5, 0.6) is 5.75 Å². The summed E-state index contributed by atoms with van der Waals surface area (Å²) in [6.07, 6.45) is -1.31. The van der Waals surface area contributed by atoms with Gasteiger partial charge in [0.25, 0.3) is 5.91 Å². The molecular weight excluding hydrogens is 279 g/mol. The summed E-state index contributed by atoms with van der Waals surface area (Å²) in [6.45, 7) is 0. The number of ether oxygens (including phenoxy) is 1. The zero-order valence-electron chi connectivity index (χ0n) is 9.35. The number of nitrogens with zero attached hydrogens (tertiary/aromatic N) is 1. The van der Waals surface area contributed by atoms with Crippen LogP contribution in [0.15, 0.2) is 34.3 Å². The van der Waals surface area contributed by atoms with E-state index in [-0.39, 0.29) is 10.1 Å². The van der Waals surface area contributed by atoms with Gasteiger partial charge in [0.05, 0.1) is 17.8 Å². The first-order chi connectivity index (χ1) is 8.56. The summed E-state index contributed by atoms with van der Waals surface area (Å²) in [5, 5.41) is 10.4. The van der Waals surface area contributed by atoms with Gasteiger partial charge in [0.1, 0.15) is 10.8 Å². The molecule has 0 aliphatic carbocycles. The van der Waals surface area contributed by atoms with E-state index in [1.807, 2.05) is 0 Å². The fraction of sp³-hybridized carbons (Fsp3) is 0.182. The number of rotatable bonds is 3. The molecule has 1 unspecified atom stereocenters. The molecular formula is C11H10Cl2N2O3. The van der Waals surface area contributed by atoms with Crippen LogP contribution in [-0.2, 0) is 4.79 Å². The van der Waals surface area contributed by atoms with Gasteiger partial charge in [0.15, 0.2) is 6.23 Å². The van der Waals surface area contributed by atoms with E-state index in [9.17, 15) is 9.90 Å². The molecule has 0 bridgehead atoms. The number of carbonyl (C=O) groups excluding carboxylic acids is 1. The van der Waals surface area contributed by atoms with Gasteiger partial charge >= 0.3 is 0 Å². The Bertz CT molecular complexity index is 519. The number of amides is 1. The maximum absolute atomic E-state index is 11.7. The van der Waals surface area contributed by atoms with Crippen molar-refractivity contribution in [2.45, 2.75) is 6.23 Å². The second kappa shape index (κ2) is 5.06. The van der Waals surface area contributed by atoms with Crippen molar-refractivity contribution in [3.05, 3.63) is 34.3 Å². The molecule has 1 aromatic carbocycles. The Morgan fingerprint density at radius 2 is 2.06 bits per heavy atom. The predicted octanol–water partition coefficient (Wildman–Crippen LogP) is 1.87. The first-order valence-electron chi connectivity index (χ1n) is 5.02. The Balaban J connectivity index is 2.24. The van der Waals surface area contributed by atoms with Gasteiger partial charge in [-0.2, -0.15) is 0 Å². The molecule has 0 fully saturated rings. The number of hydrogen-bond donors (Lipinski definition) is 2. The molecule has 5 nitrogen and oxygen atoms in total. The zero-order valence-corrected chi connectivity index (χ0v) is 10.9. The minimum absolute atomic E-state index is 0.107. The van der Waals surface area contributed by atoms with Crippen LogP contribution in [0.2, 0.25) is 0 Å². The highest BCUT2D eigenvalue weighted by molar-refractivity contribution is 6.49. The average molecular weight is 289 g/mol. The number of nitrogens with one attached hydrogen (secondary N) is 1. The SMILES string of the molecule is COc1ccccc1NN1C(=O)C(Cl)=C(Cl)C1O.